The first kappa shape index (κ1) is 11.6. The molecule has 1 saturated carbocycles. The Balaban J connectivity index is 1.76. The summed E-state index contributed by atoms with van der Waals surface area (Å²) in [6, 6.07) is 2.90. The maximum absolute atomic E-state index is 4.29. The number of hydrogen-bond acceptors (Lipinski definition) is 2. The van der Waals surface area contributed by atoms with Crippen LogP contribution in [0.2, 0.25) is 0 Å². The van der Waals surface area contributed by atoms with E-state index in [1.165, 1.54) is 32.2 Å². The summed E-state index contributed by atoms with van der Waals surface area (Å²) < 4.78 is 2.03. The number of nitrogens with zero attached hydrogens (tertiary/aromatic N) is 2. The van der Waals surface area contributed by atoms with Crippen molar-refractivity contribution in [1.29, 1.82) is 0 Å². The summed E-state index contributed by atoms with van der Waals surface area (Å²) >= 11 is 0. The van der Waals surface area contributed by atoms with Crippen molar-refractivity contribution in [3.8, 4) is 0 Å². The van der Waals surface area contributed by atoms with Gasteiger partial charge in [-0.3, -0.25) is 4.68 Å². The third kappa shape index (κ3) is 2.85. The van der Waals surface area contributed by atoms with E-state index in [0.29, 0.717) is 12.1 Å². The van der Waals surface area contributed by atoms with Gasteiger partial charge >= 0.3 is 0 Å². The molecule has 0 spiro atoms. The van der Waals surface area contributed by atoms with Crippen molar-refractivity contribution in [3.05, 3.63) is 18.5 Å². The Bertz CT molecular complexity index is 288. The van der Waals surface area contributed by atoms with Crippen molar-refractivity contribution >= 4 is 0 Å². The predicted octanol–water partition coefficient (Wildman–Crippen LogP) is 2.61. The molecule has 1 heterocycles. The largest absolute Gasteiger partial charge is 0.312 e. The van der Waals surface area contributed by atoms with Crippen LogP contribution in [0.25, 0.3) is 0 Å². The third-order valence-electron chi connectivity index (χ3n) is 3.87. The molecule has 16 heavy (non-hydrogen) atoms. The van der Waals surface area contributed by atoms with E-state index in [9.17, 15) is 0 Å². The lowest BCUT2D eigenvalue weighted by Crippen LogP contribution is -2.36. The zero-order valence-corrected chi connectivity index (χ0v) is 10.4. The molecule has 1 fully saturated rings. The summed E-state index contributed by atoms with van der Waals surface area (Å²) in [6.07, 6.45) is 9.56. The van der Waals surface area contributed by atoms with Gasteiger partial charge in [-0.1, -0.05) is 12.8 Å². The van der Waals surface area contributed by atoms with Gasteiger partial charge in [0.15, 0.2) is 0 Å². The molecule has 0 amide bonds. The highest BCUT2D eigenvalue weighted by Crippen LogP contribution is 2.24. The highest BCUT2D eigenvalue weighted by molar-refractivity contribution is 4.84. The summed E-state index contributed by atoms with van der Waals surface area (Å²) in [4.78, 5) is 0. The van der Waals surface area contributed by atoms with Gasteiger partial charge in [-0.2, -0.15) is 5.10 Å². The van der Waals surface area contributed by atoms with Gasteiger partial charge in [-0.15, -0.1) is 0 Å². The molecule has 1 aliphatic rings. The number of rotatable bonds is 5. The molecule has 3 heteroatoms. The van der Waals surface area contributed by atoms with Crippen molar-refractivity contribution in [2.24, 2.45) is 5.92 Å². The Morgan fingerprint density at radius 1 is 1.38 bits per heavy atom. The summed E-state index contributed by atoms with van der Waals surface area (Å²) in [7, 11) is 0. The molecule has 0 aromatic carbocycles. The highest BCUT2D eigenvalue weighted by Gasteiger charge is 2.18. The minimum absolute atomic E-state index is 0.427. The van der Waals surface area contributed by atoms with Crippen molar-refractivity contribution in [2.45, 2.75) is 51.6 Å². The summed E-state index contributed by atoms with van der Waals surface area (Å²) in [5.74, 6) is 0.910. The molecule has 3 nitrogen and oxygen atoms in total. The SMILES string of the molecule is CC(NCC1CCCC1)C(C)n1cccn1. The van der Waals surface area contributed by atoms with Gasteiger partial charge in [0.1, 0.15) is 0 Å². The van der Waals surface area contributed by atoms with Crippen LogP contribution in [0, 0.1) is 5.92 Å². The van der Waals surface area contributed by atoms with Crippen molar-refractivity contribution in [3.63, 3.8) is 0 Å². The molecule has 0 aliphatic heterocycles. The van der Waals surface area contributed by atoms with Gasteiger partial charge < -0.3 is 5.32 Å². The van der Waals surface area contributed by atoms with E-state index in [-0.39, 0.29) is 0 Å². The maximum atomic E-state index is 4.29. The molecule has 1 aromatic heterocycles. The van der Waals surface area contributed by atoms with Crippen LogP contribution in [-0.4, -0.2) is 22.4 Å². The Morgan fingerprint density at radius 3 is 2.75 bits per heavy atom. The lowest BCUT2D eigenvalue weighted by atomic mass is 10.1. The Hall–Kier alpha value is -0.830. The van der Waals surface area contributed by atoms with E-state index in [0.717, 1.165) is 5.92 Å². The molecular weight excluding hydrogens is 198 g/mol. The molecule has 1 N–H and O–H groups in total. The molecular formula is C13H23N3. The van der Waals surface area contributed by atoms with E-state index in [4.69, 9.17) is 0 Å². The van der Waals surface area contributed by atoms with Crippen molar-refractivity contribution in [1.82, 2.24) is 15.1 Å². The normalized spacial score (nSPS) is 21.1. The average molecular weight is 221 g/mol. The molecule has 2 rings (SSSR count). The Morgan fingerprint density at radius 2 is 2.12 bits per heavy atom. The molecule has 2 atom stereocenters. The molecule has 0 radical (unpaired) electrons. The highest BCUT2D eigenvalue weighted by atomic mass is 15.3. The second-order valence-electron chi connectivity index (χ2n) is 5.07. The summed E-state index contributed by atoms with van der Waals surface area (Å²) in [6.45, 7) is 5.65. The second-order valence-corrected chi connectivity index (χ2v) is 5.07. The lowest BCUT2D eigenvalue weighted by molar-refractivity contribution is 0.343. The third-order valence-corrected chi connectivity index (χ3v) is 3.87. The van der Waals surface area contributed by atoms with Crippen LogP contribution in [0.15, 0.2) is 18.5 Å². The zero-order chi connectivity index (χ0) is 11.4. The fraction of sp³-hybridized carbons (Fsp3) is 0.769. The number of hydrogen-bond donors (Lipinski definition) is 1. The molecule has 1 aliphatic carbocycles. The van der Waals surface area contributed by atoms with Crippen LogP contribution < -0.4 is 5.32 Å². The smallest absolute Gasteiger partial charge is 0.0641 e. The minimum atomic E-state index is 0.427. The van der Waals surface area contributed by atoms with Crippen molar-refractivity contribution < 1.29 is 0 Å². The van der Waals surface area contributed by atoms with E-state index >= 15 is 0 Å². The molecule has 0 bridgehead atoms. The summed E-state index contributed by atoms with van der Waals surface area (Å²) in [5, 5.41) is 7.95. The molecule has 1 aromatic rings. The van der Waals surface area contributed by atoms with Crippen LogP contribution in [0.5, 0.6) is 0 Å². The van der Waals surface area contributed by atoms with Crippen molar-refractivity contribution in [2.75, 3.05) is 6.54 Å². The van der Waals surface area contributed by atoms with E-state index < -0.39 is 0 Å². The van der Waals surface area contributed by atoms with Crippen LogP contribution in [0.3, 0.4) is 0 Å². The first-order chi connectivity index (χ1) is 7.77. The fourth-order valence-corrected chi connectivity index (χ4v) is 2.49. The predicted molar refractivity (Wildman–Crippen MR) is 66.4 cm³/mol. The molecule has 0 saturated heterocycles. The molecule has 2 unspecified atom stereocenters. The lowest BCUT2D eigenvalue weighted by Gasteiger charge is -2.23. The minimum Gasteiger partial charge on any atom is -0.312 e. The Kier molecular flexibility index (Phi) is 3.99. The van der Waals surface area contributed by atoms with Crippen LogP contribution in [0.4, 0.5) is 0 Å². The quantitative estimate of drug-likeness (QED) is 0.828. The van der Waals surface area contributed by atoms with E-state index in [1.807, 2.05) is 23.1 Å². The van der Waals surface area contributed by atoms with Gasteiger partial charge in [0, 0.05) is 18.4 Å². The zero-order valence-electron chi connectivity index (χ0n) is 10.4. The van der Waals surface area contributed by atoms with Crippen LogP contribution in [0.1, 0.15) is 45.6 Å². The second kappa shape index (κ2) is 5.48. The first-order valence-corrected chi connectivity index (χ1v) is 6.50. The topological polar surface area (TPSA) is 29.9 Å². The van der Waals surface area contributed by atoms with Crippen LogP contribution >= 0.6 is 0 Å². The van der Waals surface area contributed by atoms with Gasteiger partial charge in [0.2, 0.25) is 0 Å². The first-order valence-electron chi connectivity index (χ1n) is 6.50. The maximum Gasteiger partial charge on any atom is 0.0641 e. The standard InChI is InChI=1S/C13H23N3/c1-11(12(2)16-9-5-8-15-16)14-10-13-6-3-4-7-13/h5,8-9,11-14H,3-4,6-7,10H2,1-2H3. The van der Waals surface area contributed by atoms with Crippen LogP contribution in [-0.2, 0) is 0 Å². The number of nitrogens with one attached hydrogen (secondary N) is 1. The van der Waals surface area contributed by atoms with Gasteiger partial charge in [-0.25, -0.2) is 0 Å². The van der Waals surface area contributed by atoms with E-state index in [2.05, 4.69) is 24.3 Å². The monoisotopic (exact) mass is 221 g/mol. The van der Waals surface area contributed by atoms with Gasteiger partial charge in [0.25, 0.3) is 0 Å². The summed E-state index contributed by atoms with van der Waals surface area (Å²) in [5.41, 5.74) is 0. The number of aromatic nitrogens is 2. The fourth-order valence-electron chi connectivity index (χ4n) is 2.49. The average Bonchev–Trinajstić information content (AvgIpc) is 2.96. The van der Waals surface area contributed by atoms with E-state index in [1.54, 1.807) is 0 Å². The Labute approximate surface area is 98.2 Å². The molecule has 90 valence electrons. The van der Waals surface area contributed by atoms with Gasteiger partial charge in [0.05, 0.1) is 6.04 Å². The van der Waals surface area contributed by atoms with Gasteiger partial charge in [-0.05, 0) is 45.2 Å².